The first-order valence-corrected chi connectivity index (χ1v) is 10.2. The highest BCUT2D eigenvalue weighted by Crippen LogP contribution is 2.23. The lowest BCUT2D eigenvalue weighted by Gasteiger charge is -2.14. The second-order valence-electron chi connectivity index (χ2n) is 6.58. The summed E-state index contributed by atoms with van der Waals surface area (Å²) in [5.41, 5.74) is 0.811. The number of hydrogen-bond donors (Lipinski definition) is 0. The molecule has 0 aliphatic rings. The average molecular weight is 477 g/mol. The highest BCUT2D eigenvalue weighted by molar-refractivity contribution is 9.10. The van der Waals surface area contributed by atoms with Crippen LogP contribution in [-0.2, 0) is 4.79 Å². The predicted molar refractivity (Wildman–Crippen MR) is 118 cm³/mol. The molecule has 0 aliphatic heterocycles. The van der Waals surface area contributed by atoms with Crippen molar-refractivity contribution in [3.8, 4) is 5.75 Å². The van der Waals surface area contributed by atoms with Gasteiger partial charge in [0.1, 0.15) is 11.6 Å². The van der Waals surface area contributed by atoms with Crippen LogP contribution in [0.3, 0.4) is 0 Å². The maximum absolute atomic E-state index is 13.1. The van der Waals surface area contributed by atoms with Crippen molar-refractivity contribution in [1.29, 1.82) is 0 Å². The van der Waals surface area contributed by atoms with Crippen LogP contribution < -0.4 is 10.3 Å². The van der Waals surface area contributed by atoms with E-state index in [1.54, 1.807) is 30.3 Å². The second-order valence-corrected chi connectivity index (χ2v) is 7.93. The minimum atomic E-state index is -0.461. The summed E-state index contributed by atoms with van der Waals surface area (Å²) in [5, 5.41) is 5.29. The van der Waals surface area contributed by atoms with E-state index in [4.69, 9.17) is 16.3 Å². The van der Waals surface area contributed by atoms with E-state index in [1.165, 1.54) is 17.8 Å². The van der Waals surface area contributed by atoms with Crippen LogP contribution in [0.1, 0.15) is 44.5 Å². The summed E-state index contributed by atoms with van der Waals surface area (Å²) in [5.74, 6) is 0.414. The summed E-state index contributed by atoms with van der Waals surface area (Å²) in [6.07, 6.45) is 2.24. The van der Waals surface area contributed by atoms with Gasteiger partial charge in [-0.2, -0.15) is 9.78 Å². The molecule has 0 unspecified atom stereocenters. The van der Waals surface area contributed by atoms with Crippen LogP contribution in [-0.4, -0.2) is 21.8 Å². The monoisotopic (exact) mass is 475 g/mol. The molecule has 1 atom stereocenters. The zero-order valence-corrected chi connectivity index (χ0v) is 18.5. The number of esters is 1. The minimum absolute atomic E-state index is 0.0141. The van der Waals surface area contributed by atoms with Crippen LogP contribution in [0.4, 0.5) is 0 Å². The van der Waals surface area contributed by atoms with Crippen molar-refractivity contribution < 1.29 is 9.53 Å². The van der Waals surface area contributed by atoms with E-state index in [2.05, 4.69) is 26.0 Å². The van der Waals surface area contributed by atoms with Gasteiger partial charge in [-0.3, -0.25) is 9.59 Å². The summed E-state index contributed by atoms with van der Waals surface area (Å²) in [7, 11) is 0. The zero-order chi connectivity index (χ0) is 21.1. The third-order valence-corrected chi connectivity index (χ3v) is 5.15. The van der Waals surface area contributed by atoms with Gasteiger partial charge in [0, 0.05) is 27.9 Å². The highest BCUT2D eigenvalue weighted by atomic mass is 79.9. The fraction of sp³-hybridized carbons (Fsp3) is 0.238. The molecule has 8 heteroatoms. The standard InChI is InChI=1S/C21H19BrClN3O3/c1-4-12(2)20-25-18-7-5-15(22)10-17(18)21(28)26(20)24-11-14-9-16(23)6-8-19(14)29-13(3)27/h5-12H,4H2,1-3H3/t12-/m0/s1. The molecule has 1 heterocycles. The number of ether oxygens (including phenoxy) is 1. The van der Waals surface area contributed by atoms with Gasteiger partial charge in [-0.25, -0.2) is 4.98 Å². The van der Waals surface area contributed by atoms with Gasteiger partial charge in [0.2, 0.25) is 0 Å². The minimum Gasteiger partial charge on any atom is -0.426 e. The van der Waals surface area contributed by atoms with Crippen LogP contribution in [0.15, 0.2) is 50.8 Å². The molecular weight excluding hydrogens is 458 g/mol. The number of hydrogen-bond acceptors (Lipinski definition) is 5. The maximum atomic E-state index is 13.1. The molecule has 150 valence electrons. The van der Waals surface area contributed by atoms with E-state index >= 15 is 0 Å². The molecule has 29 heavy (non-hydrogen) atoms. The van der Waals surface area contributed by atoms with Gasteiger partial charge >= 0.3 is 5.97 Å². The maximum Gasteiger partial charge on any atom is 0.308 e. The number of benzene rings is 2. The molecule has 0 aliphatic carbocycles. The van der Waals surface area contributed by atoms with Crippen LogP contribution in [0.25, 0.3) is 10.9 Å². The van der Waals surface area contributed by atoms with Gasteiger partial charge in [-0.05, 0) is 42.8 Å². The Hall–Kier alpha value is -2.51. The first-order chi connectivity index (χ1) is 13.8. The molecule has 1 aromatic heterocycles. The number of carbonyl (C=O) groups excluding carboxylic acids is 1. The number of rotatable bonds is 5. The Balaban J connectivity index is 2.19. The average Bonchev–Trinajstić information content (AvgIpc) is 2.68. The number of halogens is 2. The van der Waals surface area contributed by atoms with E-state index in [9.17, 15) is 9.59 Å². The van der Waals surface area contributed by atoms with Gasteiger partial charge in [-0.1, -0.05) is 41.4 Å². The summed E-state index contributed by atoms with van der Waals surface area (Å²) >= 11 is 9.47. The van der Waals surface area contributed by atoms with Crippen molar-refractivity contribution in [3.63, 3.8) is 0 Å². The Labute approximate surface area is 181 Å². The van der Waals surface area contributed by atoms with Crippen molar-refractivity contribution in [1.82, 2.24) is 9.66 Å². The van der Waals surface area contributed by atoms with Crippen molar-refractivity contribution >= 4 is 50.6 Å². The molecule has 0 fully saturated rings. The largest absolute Gasteiger partial charge is 0.426 e. The van der Waals surface area contributed by atoms with E-state index in [1.807, 2.05) is 19.9 Å². The lowest BCUT2D eigenvalue weighted by Crippen LogP contribution is -2.23. The molecule has 3 rings (SSSR count). The molecular formula is C21H19BrClN3O3. The zero-order valence-electron chi connectivity index (χ0n) is 16.1. The summed E-state index contributed by atoms with van der Waals surface area (Å²) < 4.78 is 7.28. The molecule has 0 bridgehead atoms. The smallest absolute Gasteiger partial charge is 0.308 e. The van der Waals surface area contributed by atoms with E-state index < -0.39 is 5.97 Å². The normalized spacial score (nSPS) is 12.4. The van der Waals surface area contributed by atoms with Crippen LogP contribution in [0.5, 0.6) is 5.75 Å². The van der Waals surface area contributed by atoms with E-state index in [-0.39, 0.29) is 11.5 Å². The van der Waals surface area contributed by atoms with Crippen molar-refractivity contribution in [2.45, 2.75) is 33.1 Å². The number of carbonyl (C=O) groups is 1. The van der Waals surface area contributed by atoms with E-state index in [0.29, 0.717) is 33.1 Å². The molecule has 0 N–H and O–H groups in total. The Morgan fingerprint density at radius 3 is 2.79 bits per heavy atom. The lowest BCUT2D eigenvalue weighted by atomic mass is 10.1. The van der Waals surface area contributed by atoms with Gasteiger partial charge in [-0.15, -0.1) is 0 Å². The van der Waals surface area contributed by atoms with Gasteiger partial charge in [0.15, 0.2) is 0 Å². The van der Waals surface area contributed by atoms with Crippen LogP contribution in [0, 0.1) is 0 Å². The Bertz CT molecular complexity index is 1170. The van der Waals surface area contributed by atoms with Crippen molar-refractivity contribution in [2.75, 3.05) is 0 Å². The molecule has 0 amide bonds. The first kappa shape index (κ1) is 21.2. The fourth-order valence-corrected chi connectivity index (χ4v) is 3.31. The highest BCUT2D eigenvalue weighted by Gasteiger charge is 2.16. The quantitative estimate of drug-likeness (QED) is 0.290. The van der Waals surface area contributed by atoms with Crippen LogP contribution in [0.2, 0.25) is 5.02 Å². The summed E-state index contributed by atoms with van der Waals surface area (Å²) in [6, 6.07) is 10.2. The van der Waals surface area contributed by atoms with Gasteiger partial charge in [0.05, 0.1) is 17.1 Å². The molecule has 0 radical (unpaired) electrons. The third-order valence-electron chi connectivity index (χ3n) is 4.42. The Kier molecular flexibility index (Phi) is 6.49. The number of fused-ring (bicyclic) bond motifs is 1. The predicted octanol–water partition coefficient (Wildman–Crippen LogP) is 5.13. The lowest BCUT2D eigenvalue weighted by molar-refractivity contribution is -0.131. The third kappa shape index (κ3) is 4.74. The van der Waals surface area contributed by atoms with Gasteiger partial charge in [0.25, 0.3) is 5.56 Å². The molecule has 2 aromatic carbocycles. The van der Waals surface area contributed by atoms with Gasteiger partial charge < -0.3 is 4.74 Å². The van der Waals surface area contributed by atoms with Crippen molar-refractivity contribution in [3.05, 3.63) is 67.6 Å². The molecule has 3 aromatic rings. The molecule has 0 saturated carbocycles. The Morgan fingerprint density at radius 2 is 2.10 bits per heavy atom. The second kappa shape index (κ2) is 8.88. The molecule has 0 spiro atoms. The molecule has 6 nitrogen and oxygen atoms in total. The SMILES string of the molecule is CC[C@H](C)c1nc2ccc(Br)cc2c(=O)n1N=Cc1cc(Cl)ccc1OC(C)=O. The first-order valence-electron chi connectivity index (χ1n) is 9.04. The topological polar surface area (TPSA) is 73.6 Å². The van der Waals surface area contributed by atoms with Crippen molar-refractivity contribution in [2.24, 2.45) is 5.10 Å². The summed E-state index contributed by atoms with van der Waals surface area (Å²) in [6.45, 7) is 5.32. The number of nitrogens with zero attached hydrogens (tertiary/aromatic N) is 3. The molecule has 0 saturated heterocycles. The van der Waals surface area contributed by atoms with Crippen LogP contribution >= 0.6 is 27.5 Å². The van der Waals surface area contributed by atoms with E-state index in [0.717, 1.165) is 10.9 Å². The fourth-order valence-electron chi connectivity index (χ4n) is 2.77. The number of aromatic nitrogens is 2. The summed E-state index contributed by atoms with van der Waals surface area (Å²) in [4.78, 5) is 29.2. The Morgan fingerprint density at radius 1 is 1.34 bits per heavy atom.